The van der Waals surface area contributed by atoms with E-state index >= 15 is 0 Å². The third-order valence-electron chi connectivity index (χ3n) is 2.74. The van der Waals surface area contributed by atoms with E-state index in [0.29, 0.717) is 6.42 Å². The first-order valence-corrected chi connectivity index (χ1v) is 7.28. The van der Waals surface area contributed by atoms with Crippen LogP contribution in [0.3, 0.4) is 0 Å². The maximum absolute atomic E-state index is 12.8. The first kappa shape index (κ1) is 17.3. The summed E-state index contributed by atoms with van der Waals surface area (Å²) < 4.78 is 18.0. The number of rotatable bonds is 6. The molecule has 0 bridgehead atoms. The van der Waals surface area contributed by atoms with E-state index in [1.165, 1.54) is 12.1 Å². The number of hydrogen-bond donors (Lipinski definition) is 0. The van der Waals surface area contributed by atoms with Crippen LogP contribution in [0.2, 0.25) is 0 Å². The minimum absolute atomic E-state index is 0.157. The Hall–Kier alpha value is -1.71. The zero-order valence-corrected chi connectivity index (χ0v) is 13.3. The molecule has 1 aromatic carbocycles. The summed E-state index contributed by atoms with van der Waals surface area (Å²) in [6.45, 7) is 7.54. The second-order valence-corrected chi connectivity index (χ2v) is 6.12. The average molecular weight is 293 g/mol. The van der Waals surface area contributed by atoms with Crippen molar-refractivity contribution in [3.8, 4) is 0 Å². The highest BCUT2D eigenvalue weighted by molar-refractivity contribution is 5.84. The molecule has 1 aromatic rings. The third kappa shape index (κ3) is 8.23. The number of benzene rings is 1. The van der Waals surface area contributed by atoms with Gasteiger partial charge in [-0.05, 0) is 71.2 Å². The normalized spacial score (nSPS) is 12.3. The van der Waals surface area contributed by atoms with E-state index in [0.717, 1.165) is 30.7 Å². The van der Waals surface area contributed by atoms with Gasteiger partial charge in [-0.3, -0.25) is 9.79 Å². The molecule has 0 aliphatic rings. The van der Waals surface area contributed by atoms with Crippen LogP contribution in [-0.4, -0.2) is 17.3 Å². The van der Waals surface area contributed by atoms with Crippen LogP contribution in [0.4, 0.5) is 10.1 Å². The van der Waals surface area contributed by atoms with E-state index < -0.39 is 5.60 Å². The molecule has 0 fully saturated rings. The molecular weight excluding hydrogens is 269 g/mol. The number of nitrogens with zero attached hydrogens (tertiary/aromatic N) is 1. The second-order valence-electron chi connectivity index (χ2n) is 6.12. The van der Waals surface area contributed by atoms with E-state index in [1.807, 2.05) is 27.7 Å². The first-order chi connectivity index (χ1) is 9.76. The van der Waals surface area contributed by atoms with Crippen LogP contribution in [0.1, 0.15) is 53.4 Å². The van der Waals surface area contributed by atoms with Gasteiger partial charge in [-0.25, -0.2) is 4.39 Å². The van der Waals surface area contributed by atoms with Gasteiger partial charge < -0.3 is 4.74 Å². The summed E-state index contributed by atoms with van der Waals surface area (Å²) in [5, 5.41) is 0. The van der Waals surface area contributed by atoms with Crippen LogP contribution in [0.25, 0.3) is 0 Å². The number of hydrogen-bond acceptors (Lipinski definition) is 3. The van der Waals surface area contributed by atoms with Crippen LogP contribution < -0.4 is 0 Å². The number of unbranched alkanes of at least 4 members (excludes halogenated alkanes) is 1. The summed E-state index contributed by atoms with van der Waals surface area (Å²) in [7, 11) is 0. The van der Waals surface area contributed by atoms with Crippen molar-refractivity contribution in [3.63, 3.8) is 0 Å². The van der Waals surface area contributed by atoms with Crippen molar-refractivity contribution in [2.75, 3.05) is 0 Å². The summed E-state index contributed by atoms with van der Waals surface area (Å²) in [6, 6.07) is 6.10. The molecule has 0 saturated heterocycles. The Morgan fingerprint density at radius 2 is 1.71 bits per heavy atom. The van der Waals surface area contributed by atoms with Gasteiger partial charge in [-0.15, -0.1) is 0 Å². The van der Waals surface area contributed by atoms with Crippen molar-refractivity contribution in [3.05, 3.63) is 30.1 Å². The summed E-state index contributed by atoms with van der Waals surface area (Å²) in [4.78, 5) is 15.9. The summed E-state index contributed by atoms with van der Waals surface area (Å²) in [6.07, 6.45) is 2.92. The zero-order valence-electron chi connectivity index (χ0n) is 13.3. The lowest BCUT2D eigenvalue weighted by Gasteiger charge is -2.19. The lowest BCUT2D eigenvalue weighted by molar-refractivity contribution is -0.154. The Labute approximate surface area is 126 Å². The molecule has 3 nitrogen and oxygen atoms in total. The molecule has 0 spiro atoms. The number of halogens is 1. The number of ether oxygens (including phenoxy) is 1. The fourth-order valence-corrected chi connectivity index (χ4v) is 1.83. The van der Waals surface area contributed by atoms with Crippen LogP contribution in [0, 0.1) is 5.82 Å². The van der Waals surface area contributed by atoms with Crippen LogP contribution >= 0.6 is 0 Å². The van der Waals surface area contributed by atoms with Gasteiger partial charge >= 0.3 is 5.97 Å². The van der Waals surface area contributed by atoms with E-state index in [-0.39, 0.29) is 11.8 Å². The monoisotopic (exact) mass is 293 g/mol. The molecule has 0 aliphatic heterocycles. The molecule has 116 valence electrons. The summed E-state index contributed by atoms with van der Waals surface area (Å²) in [5.74, 6) is -0.417. The quantitative estimate of drug-likeness (QED) is 0.428. The van der Waals surface area contributed by atoms with Gasteiger partial charge in [0.05, 0.1) is 5.69 Å². The van der Waals surface area contributed by atoms with E-state index in [1.54, 1.807) is 12.1 Å². The van der Waals surface area contributed by atoms with Crippen LogP contribution in [-0.2, 0) is 9.53 Å². The predicted molar refractivity (Wildman–Crippen MR) is 83.5 cm³/mol. The Morgan fingerprint density at radius 3 is 2.29 bits per heavy atom. The molecule has 4 heteroatoms. The number of esters is 1. The third-order valence-corrected chi connectivity index (χ3v) is 2.74. The van der Waals surface area contributed by atoms with E-state index in [2.05, 4.69) is 4.99 Å². The highest BCUT2D eigenvalue weighted by Gasteiger charge is 2.15. The lowest BCUT2D eigenvalue weighted by Crippen LogP contribution is -2.23. The lowest BCUT2D eigenvalue weighted by atomic mass is 10.1. The Kier molecular flexibility index (Phi) is 6.53. The van der Waals surface area contributed by atoms with Crippen LogP contribution in [0.5, 0.6) is 0 Å². The van der Waals surface area contributed by atoms with Gasteiger partial charge in [0.2, 0.25) is 0 Å². The topological polar surface area (TPSA) is 38.7 Å². The molecule has 0 radical (unpaired) electrons. The minimum atomic E-state index is -0.420. The number of carbonyl (C=O) groups excluding carboxylic acids is 1. The van der Waals surface area contributed by atoms with Crippen molar-refractivity contribution >= 4 is 17.4 Å². The fraction of sp³-hybridized carbons (Fsp3) is 0.529. The Bertz CT molecular complexity index is 487. The standard InChI is InChI=1S/C17H24FNO2/c1-13(19-15-11-9-14(18)10-12-15)7-5-6-8-16(20)21-17(2,3)4/h9-12H,5-8H2,1-4H3. The van der Waals surface area contributed by atoms with Gasteiger partial charge in [0, 0.05) is 12.1 Å². The van der Waals surface area contributed by atoms with Crippen molar-refractivity contribution in [2.45, 2.75) is 59.0 Å². The van der Waals surface area contributed by atoms with Gasteiger partial charge in [0.15, 0.2) is 0 Å². The van der Waals surface area contributed by atoms with Gasteiger partial charge in [0.1, 0.15) is 11.4 Å². The number of carbonyl (C=O) groups is 1. The minimum Gasteiger partial charge on any atom is -0.460 e. The summed E-state index contributed by atoms with van der Waals surface area (Å²) in [5.41, 5.74) is 1.31. The molecule has 0 heterocycles. The molecule has 0 unspecified atom stereocenters. The van der Waals surface area contributed by atoms with E-state index in [4.69, 9.17) is 4.74 Å². The number of aliphatic imine (C=N–C) groups is 1. The Balaban J connectivity index is 2.29. The van der Waals surface area contributed by atoms with Gasteiger partial charge in [-0.2, -0.15) is 0 Å². The van der Waals surface area contributed by atoms with Crippen molar-refractivity contribution < 1.29 is 13.9 Å². The maximum Gasteiger partial charge on any atom is 0.306 e. The smallest absolute Gasteiger partial charge is 0.306 e. The predicted octanol–water partition coefficient (Wildman–Crippen LogP) is 4.82. The zero-order chi connectivity index (χ0) is 15.9. The molecule has 0 N–H and O–H groups in total. The summed E-state index contributed by atoms with van der Waals surface area (Å²) >= 11 is 0. The molecule has 0 aromatic heterocycles. The first-order valence-electron chi connectivity index (χ1n) is 7.28. The maximum atomic E-state index is 12.8. The average Bonchev–Trinajstić information content (AvgIpc) is 2.35. The molecule has 0 atom stereocenters. The molecule has 1 rings (SSSR count). The van der Waals surface area contributed by atoms with Gasteiger partial charge in [-0.1, -0.05) is 0 Å². The Morgan fingerprint density at radius 1 is 1.14 bits per heavy atom. The fourth-order valence-electron chi connectivity index (χ4n) is 1.83. The highest BCUT2D eigenvalue weighted by atomic mass is 19.1. The van der Waals surface area contributed by atoms with E-state index in [9.17, 15) is 9.18 Å². The van der Waals surface area contributed by atoms with Crippen molar-refractivity contribution in [1.29, 1.82) is 0 Å². The van der Waals surface area contributed by atoms with Crippen LogP contribution in [0.15, 0.2) is 29.3 Å². The van der Waals surface area contributed by atoms with Crippen molar-refractivity contribution in [1.82, 2.24) is 0 Å². The van der Waals surface area contributed by atoms with Gasteiger partial charge in [0.25, 0.3) is 0 Å². The SMILES string of the molecule is CC(CCCCC(=O)OC(C)(C)C)=Nc1ccc(F)cc1. The molecule has 0 aliphatic carbocycles. The molecule has 0 amide bonds. The largest absolute Gasteiger partial charge is 0.460 e. The molecule has 21 heavy (non-hydrogen) atoms. The van der Waals surface area contributed by atoms with Crippen molar-refractivity contribution in [2.24, 2.45) is 4.99 Å². The molecular formula is C17H24FNO2. The molecule has 0 saturated carbocycles. The second kappa shape index (κ2) is 7.91. The highest BCUT2D eigenvalue weighted by Crippen LogP contribution is 2.15.